The third-order valence-corrected chi connectivity index (χ3v) is 4.61. The fraction of sp³-hybridized carbons (Fsp3) is 0.538. The SMILES string of the molecule is CC(C)C(C)NC(=O)C1=CC=CN2CCS(=O)(=O)N=C12. The Morgan fingerprint density at radius 1 is 1.40 bits per heavy atom. The number of hydrogen-bond donors (Lipinski definition) is 1. The van der Waals surface area contributed by atoms with Crippen molar-refractivity contribution >= 4 is 21.8 Å². The third-order valence-electron chi connectivity index (χ3n) is 3.46. The molecule has 1 unspecified atom stereocenters. The Bertz CT molecular complexity index is 602. The predicted molar refractivity (Wildman–Crippen MR) is 77.6 cm³/mol. The van der Waals surface area contributed by atoms with Gasteiger partial charge < -0.3 is 10.2 Å². The molecule has 1 amide bonds. The number of allylic oxidation sites excluding steroid dienone is 2. The number of sulfonamides is 1. The van der Waals surface area contributed by atoms with Crippen LogP contribution in [0.15, 0.2) is 28.3 Å². The molecule has 6 nitrogen and oxygen atoms in total. The molecular weight excluding hydrogens is 278 g/mol. The van der Waals surface area contributed by atoms with Crippen molar-refractivity contribution < 1.29 is 13.2 Å². The van der Waals surface area contributed by atoms with Crippen molar-refractivity contribution in [3.05, 3.63) is 23.9 Å². The standard InChI is InChI=1S/C13H19N3O3S/c1-9(2)10(3)14-13(17)11-5-4-6-16-7-8-20(18,19)15-12(11)16/h4-6,9-10H,7-8H2,1-3H3,(H,14,17). The second-order valence-corrected chi connectivity index (χ2v) is 7.08. The van der Waals surface area contributed by atoms with Crippen molar-refractivity contribution in [3.8, 4) is 0 Å². The van der Waals surface area contributed by atoms with Gasteiger partial charge in [0, 0.05) is 18.8 Å². The number of fused-ring (bicyclic) bond motifs is 1. The summed E-state index contributed by atoms with van der Waals surface area (Å²) in [6.45, 7) is 6.25. The molecule has 2 aliphatic heterocycles. The molecule has 0 fully saturated rings. The van der Waals surface area contributed by atoms with Crippen LogP contribution in [0.2, 0.25) is 0 Å². The van der Waals surface area contributed by atoms with Gasteiger partial charge in [0.2, 0.25) is 0 Å². The van der Waals surface area contributed by atoms with E-state index in [2.05, 4.69) is 9.71 Å². The second kappa shape index (κ2) is 5.40. The van der Waals surface area contributed by atoms with Gasteiger partial charge in [-0.25, -0.2) is 8.42 Å². The molecule has 0 saturated heterocycles. The minimum absolute atomic E-state index is 0.00329. The van der Waals surface area contributed by atoms with Gasteiger partial charge in [0.25, 0.3) is 15.9 Å². The van der Waals surface area contributed by atoms with Crippen LogP contribution in [0.4, 0.5) is 0 Å². The Balaban J connectivity index is 2.27. The van der Waals surface area contributed by atoms with Crippen LogP contribution in [0.1, 0.15) is 20.8 Å². The number of nitrogens with one attached hydrogen (secondary N) is 1. The van der Waals surface area contributed by atoms with Gasteiger partial charge >= 0.3 is 0 Å². The Labute approximate surface area is 119 Å². The van der Waals surface area contributed by atoms with E-state index < -0.39 is 10.0 Å². The largest absolute Gasteiger partial charge is 0.349 e. The molecule has 0 radical (unpaired) electrons. The lowest BCUT2D eigenvalue weighted by Crippen LogP contribution is -2.44. The van der Waals surface area contributed by atoms with Crippen molar-refractivity contribution in [2.24, 2.45) is 10.3 Å². The van der Waals surface area contributed by atoms with Gasteiger partial charge in [-0.3, -0.25) is 4.79 Å². The van der Waals surface area contributed by atoms with Gasteiger partial charge in [0.15, 0.2) is 5.84 Å². The first-order chi connectivity index (χ1) is 9.30. The molecule has 110 valence electrons. The van der Waals surface area contributed by atoms with Crippen molar-refractivity contribution in [2.75, 3.05) is 12.3 Å². The summed E-state index contributed by atoms with van der Waals surface area (Å²) in [6, 6.07) is 0.00329. The lowest BCUT2D eigenvalue weighted by atomic mass is 10.0. The summed E-state index contributed by atoms with van der Waals surface area (Å²) >= 11 is 0. The molecule has 2 rings (SSSR count). The third kappa shape index (κ3) is 3.09. The summed E-state index contributed by atoms with van der Waals surface area (Å²) in [6.07, 6.45) is 5.06. The number of carbonyl (C=O) groups excluding carboxylic acids is 1. The number of hydrogen-bond acceptors (Lipinski definition) is 4. The van der Waals surface area contributed by atoms with E-state index in [1.165, 1.54) is 0 Å². The van der Waals surface area contributed by atoms with Crippen LogP contribution in [-0.4, -0.2) is 43.4 Å². The van der Waals surface area contributed by atoms with Crippen LogP contribution < -0.4 is 5.32 Å². The normalized spacial score (nSPS) is 21.9. The van der Waals surface area contributed by atoms with E-state index in [1.54, 1.807) is 23.3 Å². The summed E-state index contributed by atoms with van der Waals surface area (Å²) in [5.74, 6) is 0.188. The lowest BCUT2D eigenvalue weighted by Gasteiger charge is -2.29. The summed E-state index contributed by atoms with van der Waals surface area (Å²) in [5, 5.41) is 2.87. The smallest absolute Gasteiger partial charge is 0.256 e. The second-order valence-electron chi connectivity index (χ2n) is 5.32. The lowest BCUT2D eigenvalue weighted by molar-refractivity contribution is -0.117. The van der Waals surface area contributed by atoms with E-state index in [-0.39, 0.29) is 23.5 Å². The first-order valence-corrected chi connectivity index (χ1v) is 8.20. The van der Waals surface area contributed by atoms with E-state index in [0.29, 0.717) is 18.0 Å². The quantitative estimate of drug-likeness (QED) is 0.829. The summed E-state index contributed by atoms with van der Waals surface area (Å²) in [4.78, 5) is 14.0. The highest BCUT2D eigenvalue weighted by molar-refractivity contribution is 7.90. The molecule has 0 aromatic rings. The van der Waals surface area contributed by atoms with E-state index in [0.717, 1.165) is 0 Å². The number of rotatable bonds is 3. The maximum atomic E-state index is 12.3. The molecule has 7 heteroatoms. The average molecular weight is 297 g/mol. The Morgan fingerprint density at radius 2 is 2.10 bits per heavy atom. The first-order valence-electron chi connectivity index (χ1n) is 6.59. The topological polar surface area (TPSA) is 78.8 Å². The molecule has 0 aromatic carbocycles. The number of amides is 1. The Hall–Kier alpha value is -1.63. The fourth-order valence-corrected chi connectivity index (χ4v) is 2.83. The number of amidine groups is 1. The molecule has 2 aliphatic rings. The van der Waals surface area contributed by atoms with E-state index >= 15 is 0 Å². The van der Waals surface area contributed by atoms with Crippen LogP contribution in [0.25, 0.3) is 0 Å². The zero-order valence-corrected chi connectivity index (χ0v) is 12.6. The van der Waals surface area contributed by atoms with Crippen molar-refractivity contribution in [2.45, 2.75) is 26.8 Å². The summed E-state index contributed by atoms with van der Waals surface area (Å²) in [7, 11) is -3.47. The van der Waals surface area contributed by atoms with Crippen molar-refractivity contribution in [3.63, 3.8) is 0 Å². The highest BCUT2D eigenvalue weighted by Crippen LogP contribution is 2.18. The molecule has 0 bridgehead atoms. The highest BCUT2D eigenvalue weighted by atomic mass is 32.2. The minimum atomic E-state index is -3.47. The van der Waals surface area contributed by atoms with Crippen LogP contribution in [0.5, 0.6) is 0 Å². The molecule has 0 saturated carbocycles. The van der Waals surface area contributed by atoms with Gasteiger partial charge in [-0.2, -0.15) is 0 Å². The van der Waals surface area contributed by atoms with Crippen LogP contribution in [0.3, 0.4) is 0 Å². The van der Waals surface area contributed by atoms with Crippen molar-refractivity contribution in [1.82, 2.24) is 10.2 Å². The molecule has 2 heterocycles. The van der Waals surface area contributed by atoms with Gasteiger partial charge in [-0.15, -0.1) is 4.40 Å². The summed E-state index contributed by atoms with van der Waals surface area (Å²) in [5.41, 5.74) is 0.295. The number of nitrogens with zero attached hydrogens (tertiary/aromatic N) is 2. The molecule has 0 spiro atoms. The maximum Gasteiger partial charge on any atom is 0.256 e. The van der Waals surface area contributed by atoms with E-state index in [9.17, 15) is 13.2 Å². The maximum absolute atomic E-state index is 12.3. The zero-order valence-electron chi connectivity index (χ0n) is 11.8. The Morgan fingerprint density at radius 3 is 2.75 bits per heavy atom. The predicted octanol–water partition coefficient (Wildman–Crippen LogP) is 0.645. The van der Waals surface area contributed by atoms with Gasteiger partial charge in [0.05, 0.1) is 11.3 Å². The van der Waals surface area contributed by atoms with E-state index in [1.807, 2.05) is 20.8 Å². The van der Waals surface area contributed by atoms with Gasteiger partial charge in [-0.05, 0) is 25.0 Å². The summed E-state index contributed by atoms with van der Waals surface area (Å²) < 4.78 is 26.9. The van der Waals surface area contributed by atoms with Crippen LogP contribution >= 0.6 is 0 Å². The van der Waals surface area contributed by atoms with Crippen LogP contribution in [-0.2, 0) is 14.8 Å². The van der Waals surface area contributed by atoms with Crippen molar-refractivity contribution in [1.29, 1.82) is 0 Å². The molecular formula is C13H19N3O3S. The number of carbonyl (C=O) groups is 1. The van der Waals surface area contributed by atoms with E-state index in [4.69, 9.17) is 0 Å². The highest BCUT2D eigenvalue weighted by Gasteiger charge is 2.30. The first kappa shape index (κ1) is 14.8. The van der Waals surface area contributed by atoms with Crippen LogP contribution in [0, 0.1) is 5.92 Å². The van der Waals surface area contributed by atoms with Gasteiger partial charge in [0.1, 0.15) is 0 Å². The van der Waals surface area contributed by atoms with Gasteiger partial charge in [-0.1, -0.05) is 13.8 Å². The fourth-order valence-electron chi connectivity index (χ4n) is 1.84. The molecule has 1 N–H and O–H groups in total. The molecule has 0 aliphatic carbocycles. The minimum Gasteiger partial charge on any atom is -0.349 e. The zero-order chi connectivity index (χ0) is 14.9. The molecule has 1 atom stereocenters. The molecule has 20 heavy (non-hydrogen) atoms. The average Bonchev–Trinajstić information content (AvgIpc) is 2.36. The monoisotopic (exact) mass is 297 g/mol. The molecule has 0 aromatic heterocycles. The Kier molecular flexibility index (Phi) is 3.99.